The Bertz CT molecular complexity index is 2610. The van der Waals surface area contributed by atoms with Crippen molar-refractivity contribution in [2.24, 2.45) is 20.0 Å². The third-order valence-electron chi connectivity index (χ3n) is 10.3. The van der Waals surface area contributed by atoms with Crippen LogP contribution in [0.25, 0.3) is 0 Å². The van der Waals surface area contributed by atoms with Gasteiger partial charge in [-0.25, -0.2) is 0 Å². The minimum Gasteiger partial charge on any atom is -0.872 e. The van der Waals surface area contributed by atoms with Gasteiger partial charge in [-0.1, -0.05) is 47.3 Å². The molecule has 0 amide bonds. The van der Waals surface area contributed by atoms with Crippen LogP contribution < -0.4 is 139 Å². The summed E-state index contributed by atoms with van der Waals surface area (Å²) in [7, 11) is -18.1. The number of rotatable bonds is 29. The van der Waals surface area contributed by atoms with Crippen LogP contribution >= 0.6 is 0 Å². The Kier molecular flexibility index (Phi) is 34.2. The summed E-state index contributed by atoms with van der Waals surface area (Å²) in [5.41, 5.74) is -0.0538. The molecule has 0 saturated heterocycles. The molecule has 30 heteroatoms. The van der Waals surface area contributed by atoms with E-state index in [1.54, 1.807) is 0 Å². The van der Waals surface area contributed by atoms with Crippen molar-refractivity contribution in [1.29, 1.82) is 0 Å². The summed E-state index contributed by atoms with van der Waals surface area (Å²) in [6, 6.07) is 12.2. The summed E-state index contributed by atoms with van der Waals surface area (Å²) in [5.74, 6) is -1.92. The number of hydrogen-bond donors (Lipinski definition) is 4. The summed E-state index contributed by atoms with van der Waals surface area (Å²) < 4.78 is 130. The largest absolute Gasteiger partial charge is 1.00 e. The van der Waals surface area contributed by atoms with Crippen molar-refractivity contribution in [2.45, 2.75) is 58.1 Å². The Balaban J connectivity index is 0.0000133. The Morgan fingerprint density at radius 3 is 0.730 bits per heavy atom. The van der Waals surface area contributed by atoms with E-state index in [-0.39, 0.29) is 167 Å². The maximum Gasteiger partial charge on any atom is 1.00 e. The van der Waals surface area contributed by atoms with E-state index >= 15 is 0 Å². The number of nitrogens with zero attached hydrogens (tertiary/aromatic N) is 6. The van der Waals surface area contributed by atoms with Gasteiger partial charge in [-0.05, 0) is 149 Å². The molecule has 0 radical (unpaired) electrons. The molecule has 0 heterocycles. The molecule has 0 aliphatic heterocycles. The minimum absolute atomic E-state index is 0. The van der Waals surface area contributed by atoms with E-state index in [2.05, 4.69) is 29.8 Å². The third-order valence-corrected chi connectivity index (χ3v) is 13.7. The second-order valence-electron chi connectivity index (χ2n) is 15.6. The Morgan fingerprint density at radius 2 is 0.541 bits per heavy atom. The van der Waals surface area contributed by atoms with E-state index < -0.39 is 83.1 Å². The molecule has 0 spiro atoms. The first-order chi connectivity index (χ1) is 32.9. The summed E-state index contributed by atoms with van der Waals surface area (Å²) >= 11 is 0. The fraction of sp³-hybridized carbons (Fsp3) is 0.364. The molecule has 4 rings (SSSR count). The van der Waals surface area contributed by atoms with Crippen molar-refractivity contribution in [1.82, 2.24) is 9.80 Å². The van der Waals surface area contributed by atoms with Gasteiger partial charge < -0.3 is 30.2 Å². The second-order valence-corrected chi connectivity index (χ2v) is 21.3. The topological polar surface area (TPSA) is 366 Å². The van der Waals surface area contributed by atoms with Gasteiger partial charge in [0.25, 0.3) is 40.5 Å². The predicted molar refractivity (Wildman–Crippen MR) is 253 cm³/mol. The SMILES string of the molecule is O=S(=O)(O)c1ccc([O-])c(C=NCCCN(CCCCN(CCCN=Cc2cc(S(=O)(=O)O)ccc2[O-])CCCN=Cc2cc(S(=O)(=O)O)ccc2[O-])CCCN=Cc2cc(S(=O)(=O)O)ccc2[O-])c1.[Na+].[Na+].[Na+].[Na+]. The van der Waals surface area contributed by atoms with Crippen LogP contribution in [0.3, 0.4) is 0 Å². The molecule has 4 aromatic carbocycles. The minimum atomic E-state index is -4.53. The smallest absolute Gasteiger partial charge is 0.872 e. The first-order valence-corrected chi connectivity index (χ1v) is 27.3. The average Bonchev–Trinajstić information content (AvgIpc) is 3.27. The fourth-order valence-corrected chi connectivity index (χ4v) is 8.75. The van der Waals surface area contributed by atoms with Crippen molar-refractivity contribution in [3.63, 3.8) is 0 Å². The van der Waals surface area contributed by atoms with Gasteiger partial charge in [-0.2, -0.15) is 33.7 Å². The average molecular weight is 1140 g/mol. The van der Waals surface area contributed by atoms with Gasteiger partial charge in [-0.15, -0.1) is 0 Å². The van der Waals surface area contributed by atoms with Gasteiger partial charge in [-0.3, -0.25) is 38.2 Å². The van der Waals surface area contributed by atoms with Crippen molar-refractivity contribution in [3.05, 3.63) is 95.1 Å². The van der Waals surface area contributed by atoms with Crippen LogP contribution in [0.2, 0.25) is 0 Å². The Hall–Kier alpha value is -1.68. The number of unbranched alkanes of at least 4 members (excludes halogenated alkanes) is 1. The Morgan fingerprint density at radius 1 is 0.351 bits per heavy atom. The molecule has 4 aromatic rings. The van der Waals surface area contributed by atoms with Crippen LogP contribution in [0, 0.1) is 0 Å². The van der Waals surface area contributed by atoms with Crippen molar-refractivity contribution >= 4 is 65.3 Å². The Labute approximate surface area is 520 Å². The van der Waals surface area contributed by atoms with Crippen LogP contribution in [0.15, 0.2) is 112 Å². The summed E-state index contributed by atoms with van der Waals surface area (Å²) in [6.45, 7) is 4.51. The summed E-state index contributed by atoms with van der Waals surface area (Å²) in [5, 5.41) is 49.0. The van der Waals surface area contributed by atoms with Crippen molar-refractivity contribution < 1.29 is 191 Å². The summed E-state index contributed by atoms with van der Waals surface area (Å²) in [6.07, 6.45) is 8.53. The van der Waals surface area contributed by atoms with E-state index in [1.807, 2.05) is 0 Å². The van der Waals surface area contributed by atoms with Crippen molar-refractivity contribution in [3.8, 4) is 23.0 Å². The molecule has 0 unspecified atom stereocenters. The van der Waals surface area contributed by atoms with Gasteiger partial charge in [0.05, 0.1) is 19.6 Å². The maximum absolute atomic E-state index is 12.3. The zero-order valence-electron chi connectivity index (χ0n) is 41.6. The molecule has 0 aromatic heterocycles. The van der Waals surface area contributed by atoms with Crippen LogP contribution in [0.5, 0.6) is 23.0 Å². The van der Waals surface area contributed by atoms with Gasteiger partial charge in [0.2, 0.25) is 0 Å². The van der Waals surface area contributed by atoms with Gasteiger partial charge in [0, 0.05) is 51.0 Å². The van der Waals surface area contributed by atoms with Crippen LogP contribution in [-0.2, 0) is 40.5 Å². The third kappa shape index (κ3) is 26.3. The molecule has 22 nitrogen and oxygen atoms in total. The molecule has 0 bridgehead atoms. The first-order valence-electron chi connectivity index (χ1n) is 21.5. The normalized spacial score (nSPS) is 12.4. The molecular weight excluding hydrogens is 1090 g/mol. The molecule has 382 valence electrons. The molecule has 0 atom stereocenters. The zero-order valence-corrected chi connectivity index (χ0v) is 52.8. The van der Waals surface area contributed by atoms with Gasteiger partial charge in [0.15, 0.2) is 0 Å². The number of aliphatic imine (C=N–C) groups is 4. The van der Waals surface area contributed by atoms with E-state index in [9.17, 15) is 72.3 Å². The first kappa shape index (κ1) is 72.3. The molecule has 4 N–H and O–H groups in total. The zero-order chi connectivity index (χ0) is 51.5. The predicted octanol–water partition coefficient (Wildman–Crippen LogP) is -10.3. The number of hydrogen-bond acceptors (Lipinski definition) is 18. The molecule has 0 aliphatic carbocycles. The van der Waals surface area contributed by atoms with E-state index in [1.165, 1.54) is 24.9 Å². The van der Waals surface area contributed by atoms with Crippen LogP contribution in [-0.4, -0.2) is 152 Å². The molecule has 0 fully saturated rings. The molecule has 0 aliphatic rings. The quantitative estimate of drug-likeness (QED) is 0.0170. The van der Waals surface area contributed by atoms with E-state index in [0.717, 1.165) is 85.6 Å². The van der Waals surface area contributed by atoms with Crippen LogP contribution in [0.1, 0.15) is 60.8 Å². The van der Waals surface area contributed by atoms with Crippen molar-refractivity contribution in [2.75, 3.05) is 65.4 Å². The molecule has 0 saturated carbocycles. The van der Waals surface area contributed by atoms with Gasteiger partial charge in [0.1, 0.15) is 0 Å². The van der Waals surface area contributed by atoms with E-state index in [4.69, 9.17) is 0 Å². The fourth-order valence-electron chi connectivity index (χ4n) is 6.69. The van der Waals surface area contributed by atoms with Gasteiger partial charge >= 0.3 is 118 Å². The second kappa shape index (κ2) is 35.0. The maximum atomic E-state index is 12.3. The standard InChI is InChI=1S/C44H56N6O16S4.4Na/c51-41-11-7-37(67(55,56)57)25-33(41)29-45-15-3-21-49(22-4-16-46-30-34-26-38(68(58,59)60)8-12-42(34)52)19-1-2-20-50(23-5-17-47-31-35-27-39(69(61,62)63)9-13-43(35)53)24-6-18-48-32-36-28-40(70(64,65)66)10-14-44(36)54;;;;/h7-14,25-32,51-54H,1-6,15-24H2,(H,55,56,57)(H,58,59,60)(H,61,62,63)(H,64,65,66);;;;/q;4*+1/p-4. The number of benzene rings is 4. The summed E-state index contributed by atoms with van der Waals surface area (Å²) in [4.78, 5) is 19.7. The molecular formula is C44H52N6Na4O16S4. The molecule has 74 heavy (non-hydrogen) atoms. The monoisotopic (exact) mass is 1140 g/mol. The van der Waals surface area contributed by atoms with E-state index in [0.29, 0.717) is 65.0 Å². The van der Waals surface area contributed by atoms with Crippen LogP contribution in [0.4, 0.5) is 0 Å².